The molecule has 0 amide bonds. The van der Waals surface area contributed by atoms with Gasteiger partial charge in [-0.3, -0.25) is 4.90 Å². The summed E-state index contributed by atoms with van der Waals surface area (Å²) < 4.78 is 75.0. The number of rotatable bonds is 7. The number of fused-ring (bicyclic) bond motifs is 4. The quantitative estimate of drug-likeness (QED) is 0.166. The highest BCUT2D eigenvalue weighted by Crippen LogP contribution is 2.50. The lowest BCUT2D eigenvalue weighted by Gasteiger charge is -2.35. The Bertz CT molecular complexity index is 2110. The van der Waals surface area contributed by atoms with Gasteiger partial charge in [-0.2, -0.15) is 23.1 Å². The third-order valence-electron chi connectivity index (χ3n) is 11.6. The number of aryl methyl sites for hydroxylation is 1. The van der Waals surface area contributed by atoms with Crippen molar-refractivity contribution in [2.24, 2.45) is 5.41 Å². The van der Waals surface area contributed by atoms with E-state index in [-0.39, 0.29) is 62.5 Å². The molecule has 1 aromatic heterocycles. The van der Waals surface area contributed by atoms with E-state index < -0.39 is 23.1 Å². The Labute approximate surface area is 293 Å². The van der Waals surface area contributed by atoms with Gasteiger partial charge in [-0.05, 0) is 80.2 Å². The number of phenolic OH excluding ortho intramolecular Hbond substituents is 1. The minimum Gasteiger partial charge on any atom is -0.508 e. The number of anilines is 1. The number of benzene rings is 3. The number of hydrogen-bond donors (Lipinski definition) is 2. The molecule has 0 radical (unpaired) electrons. The van der Waals surface area contributed by atoms with E-state index in [2.05, 4.69) is 21.1 Å². The van der Waals surface area contributed by atoms with E-state index in [1.165, 1.54) is 6.07 Å². The highest BCUT2D eigenvalue weighted by atomic mass is 19.4. The van der Waals surface area contributed by atoms with Crippen LogP contribution in [0.5, 0.6) is 11.8 Å². The number of phenols is 1. The molecule has 2 unspecified atom stereocenters. The number of hydrogen-bond acceptors (Lipinski definition) is 8. The molecule has 51 heavy (non-hydrogen) atoms. The van der Waals surface area contributed by atoms with E-state index in [9.17, 15) is 5.11 Å². The number of terminal acetylenes is 1. The summed E-state index contributed by atoms with van der Waals surface area (Å²) in [6.45, 7) is 6.38. The summed E-state index contributed by atoms with van der Waals surface area (Å²) in [6.07, 6.45) is 6.88. The van der Waals surface area contributed by atoms with Gasteiger partial charge in [0.25, 0.3) is 0 Å². The molecule has 12 heteroatoms. The summed E-state index contributed by atoms with van der Waals surface area (Å²) in [5.41, 5.74) is -1.51. The van der Waals surface area contributed by atoms with Crippen molar-refractivity contribution >= 4 is 27.5 Å². The van der Waals surface area contributed by atoms with Crippen molar-refractivity contribution in [3.63, 3.8) is 0 Å². The first-order chi connectivity index (χ1) is 24.4. The summed E-state index contributed by atoms with van der Waals surface area (Å²) in [5.74, 6) is 1.31. The Morgan fingerprint density at radius 2 is 1.86 bits per heavy atom. The number of aromatic nitrogens is 2. The van der Waals surface area contributed by atoms with Crippen molar-refractivity contribution in [3.8, 4) is 35.2 Å². The molecule has 4 heterocycles. The Morgan fingerprint density at radius 3 is 2.55 bits per heavy atom. The highest BCUT2D eigenvalue weighted by molar-refractivity contribution is 6.05. The zero-order chi connectivity index (χ0) is 35.3. The summed E-state index contributed by atoms with van der Waals surface area (Å²) in [4.78, 5) is 13.6. The van der Waals surface area contributed by atoms with Crippen LogP contribution in [0.15, 0.2) is 30.3 Å². The predicted molar refractivity (Wildman–Crippen MR) is 185 cm³/mol. The molecule has 1 spiro atoms. The fourth-order valence-corrected chi connectivity index (χ4v) is 8.61. The van der Waals surface area contributed by atoms with E-state index in [0.717, 1.165) is 70.3 Å². The number of nitrogens with zero attached hydrogens (tertiary/aromatic N) is 4. The second-order valence-electron chi connectivity index (χ2n) is 15.4. The lowest BCUT2D eigenvalue weighted by Crippen LogP contribution is -2.51. The second kappa shape index (κ2) is 11.7. The summed E-state index contributed by atoms with van der Waals surface area (Å²) in [5, 5.41) is 14.8. The van der Waals surface area contributed by atoms with E-state index in [4.69, 9.17) is 20.9 Å². The smallest absolute Gasteiger partial charge is 0.417 e. The van der Waals surface area contributed by atoms with Crippen molar-refractivity contribution in [1.82, 2.24) is 20.2 Å². The third kappa shape index (κ3) is 5.83. The standard InChI is InChI=1S/C39H39F4N5O3/c1-3-27-22(2)4-5-23-14-26(49)15-28(31(23)27)32-30(39(41,42)43)16-29-34(33(32)40)45-36(46-35(29)48-17-24-6-7-25(18-48)44-24)50-21-37(8-9-37)19-47-12-13-51-38(20-47)10-11-38/h1,4-5,14-16,24-25,44,49H,6-13,17-21H2,2H3. The number of ether oxygens (including phenoxy) is 2. The van der Waals surface area contributed by atoms with Gasteiger partial charge in [-0.25, -0.2) is 4.39 Å². The summed E-state index contributed by atoms with van der Waals surface area (Å²) >= 11 is 0. The Hall–Kier alpha value is -4.18. The van der Waals surface area contributed by atoms with Crippen LogP contribution in [-0.4, -0.2) is 83.6 Å². The first kappa shape index (κ1) is 32.7. The molecule has 266 valence electrons. The van der Waals surface area contributed by atoms with Crippen LogP contribution in [0.25, 0.3) is 32.8 Å². The first-order valence-corrected chi connectivity index (χ1v) is 17.8. The molecule has 2 bridgehead atoms. The molecule has 2 N–H and O–H groups in total. The fraction of sp³-hybridized carbons (Fsp3) is 0.487. The van der Waals surface area contributed by atoms with Gasteiger partial charge >= 0.3 is 12.2 Å². The Morgan fingerprint density at radius 1 is 1.10 bits per heavy atom. The van der Waals surface area contributed by atoms with Crippen molar-refractivity contribution in [1.29, 1.82) is 0 Å². The van der Waals surface area contributed by atoms with Gasteiger partial charge in [0.15, 0.2) is 5.82 Å². The van der Waals surface area contributed by atoms with Gasteiger partial charge in [0.2, 0.25) is 0 Å². The second-order valence-corrected chi connectivity index (χ2v) is 15.4. The molecule has 4 aromatic rings. The van der Waals surface area contributed by atoms with Crippen molar-refractivity contribution in [3.05, 3.63) is 52.8 Å². The molecule has 3 aromatic carbocycles. The van der Waals surface area contributed by atoms with Crippen LogP contribution in [0.3, 0.4) is 0 Å². The molecular formula is C39H39F4N5O3. The Kier molecular flexibility index (Phi) is 7.48. The average molecular weight is 702 g/mol. The highest BCUT2D eigenvalue weighted by Gasteiger charge is 2.51. The third-order valence-corrected chi connectivity index (χ3v) is 11.6. The van der Waals surface area contributed by atoms with Crippen molar-refractivity contribution in [2.75, 3.05) is 50.8 Å². The van der Waals surface area contributed by atoms with Gasteiger partial charge in [0, 0.05) is 72.1 Å². The van der Waals surface area contributed by atoms with Crippen LogP contribution in [0.4, 0.5) is 23.4 Å². The van der Waals surface area contributed by atoms with E-state index in [1.54, 1.807) is 19.1 Å². The molecule has 8 nitrogen and oxygen atoms in total. The summed E-state index contributed by atoms with van der Waals surface area (Å²) in [7, 11) is 0. The molecule has 5 fully saturated rings. The topological polar surface area (TPSA) is 83.0 Å². The number of piperazine rings is 1. The maximum absolute atomic E-state index is 17.3. The molecule has 5 aliphatic rings. The van der Waals surface area contributed by atoms with Crippen molar-refractivity contribution < 1.29 is 32.1 Å². The average Bonchev–Trinajstić information content (AvgIpc) is 4.01. The van der Waals surface area contributed by atoms with Crippen molar-refractivity contribution in [2.45, 2.75) is 69.3 Å². The largest absolute Gasteiger partial charge is 0.508 e. The first-order valence-electron chi connectivity index (χ1n) is 17.8. The van der Waals surface area contributed by atoms with Gasteiger partial charge in [0.1, 0.15) is 17.1 Å². The van der Waals surface area contributed by atoms with Crippen LogP contribution in [-0.2, 0) is 10.9 Å². The molecule has 3 aliphatic heterocycles. The van der Waals surface area contributed by atoms with E-state index in [0.29, 0.717) is 42.8 Å². The zero-order valence-electron chi connectivity index (χ0n) is 28.4. The minimum atomic E-state index is -4.96. The number of nitrogens with one attached hydrogen (secondary N) is 1. The molecule has 2 atom stereocenters. The van der Waals surface area contributed by atoms with Crippen LogP contribution < -0.4 is 15.0 Å². The number of halogens is 4. The maximum Gasteiger partial charge on any atom is 0.417 e. The van der Waals surface area contributed by atoms with Gasteiger partial charge in [-0.1, -0.05) is 18.1 Å². The number of morpholine rings is 1. The molecular weight excluding hydrogens is 662 g/mol. The van der Waals surface area contributed by atoms with Crippen LogP contribution in [0.2, 0.25) is 0 Å². The van der Waals surface area contributed by atoms with Crippen LogP contribution in [0.1, 0.15) is 55.2 Å². The monoisotopic (exact) mass is 701 g/mol. The number of alkyl halides is 3. The lowest BCUT2D eigenvalue weighted by molar-refractivity contribution is -0.137. The zero-order valence-corrected chi connectivity index (χ0v) is 28.4. The fourth-order valence-electron chi connectivity index (χ4n) is 8.61. The van der Waals surface area contributed by atoms with E-state index in [1.807, 2.05) is 4.90 Å². The molecule has 9 rings (SSSR count). The molecule has 2 aliphatic carbocycles. The SMILES string of the molecule is C#Cc1c(C)ccc2cc(O)cc(-c3c(C(F)(F)F)cc4c(N5CC6CCC(C5)N6)nc(OCC5(CN6CCOC7(CC7)C6)CC5)nc4c3F)c12. The molecule has 2 saturated carbocycles. The van der Waals surface area contributed by atoms with Gasteiger partial charge in [-0.15, -0.1) is 6.42 Å². The van der Waals surface area contributed by atoms with Crippen LogP contribution >= 0.6 is 0 Å². The van der Waals surface area contributed by atoms with E-state index >= 15 is 17.6 Å². The van der Waals surface area contributed by atoms with Gasteiger partial charge < -0.3 is 24.8 Å². The normalized spacial score (nSPS) is 23.6. The predicted octanol–water partition coefficient (Wildman–Crippen LogP) is 6.57. The summed E-state index contributed by atoms with van der Waals surface area (Å²) in [6, 6.07) is 7.10. The number of aromatic hydroxyl groups is 1. The lowest BCUT2D eigenvalue weighted by atomic mass is 9.88. The Balaban J connectivity index is 1.18. The maximum atomic E-state index is 17.3. The van der Waals surface area contributed by atoms with Crippen LogP contribution in [0, 0.1) is 30.5 Å². The minimum absolute atomic E-state index is 0.000685. The van der Waals surface area contributed by atoms with Gasteiger partial charge in [0.05, 0.1) is 24.4 Å². The molecule has 3 saturated heterocycles.